The summed E-state index contributed by atoms with van der Waals surface area (Å²) >= 11 is 7.78. The smallest absolute Gasteiger partial charge is 0.228 e. The lowest BCUT2D eigenvalue weighted by Crippen LogP contribution is -2.31. The molecule has 1 saturated heterocycles. The molecular weight excluding hydrogens is 327 g/mol. The summed E-state index contributed by atoms with van der Waals surface area (Å²) in [5, 5.41) is 7.07. The van der Waals surface area contributed by atoms with Crippen LogP contribution in [0.3, 0.4) is 0 Å². The van der Waals surface area contributed by atoms with Crippen molar-refractivity contribution < 1.29 is 4.79 Å². The SMILES string of the molecule is CSc1ccc(NC(=O)C2CC23CCNCC3)cc1Cl.Cl. The van der Waals surface area contributed by atoms with Crippen molar-refractivity contribution in [3.05, 3.63) is 23.2 Å². The van der Waals surface area contributed by atoms with E-state index in [1.165, 1.54) is 0 Å². The molecule has 1 aliphatic carbocycles. The first-order chi connectivity index (χ1) is 9.64. The van der Waals surface area contributed by atoms with Crippen LogP contribution < -0.4 is 10.6 Å². The number of amides is 1. The second kappa shape index (κ2) is 6.78. The van der Waals surface area contributed by atoms with E-state index in [1.54, 1.807) is 11.8 Å². The number of nitrogens with one attached hydrogen (secondary N) is 2. The van der Waals surface area contributed by atoms with E-state index in [-0.39, 0.29) is 29.6 Å². The predicted octanol–water partition coefficient (Wildman–Crippen LogP) is 3.81. The number of carbonyl (C=O) groups excluding carboxylic acids is 1. The molecule has 0 radical (unpaired) electrons. The molecule has 6 heteroatoms. The molecule has 116 valence electrons. The molecule has 1 aromatic carbocycles. The molecule has 1 amide bonds. The predicted molar refractivity (Wildman–Crippen MR) is 91.8 cm³/mol. The summed E-state index contributed by atoms with van der Waals surface area (Å²) in [6.07, 6.45) is 5.27. The Bertz CT molecular complexity index is 532. The zero-order valence-corrected chi connectivity index (χ0v) is 14.3. The Morgan fingerprint density at radius 2 is 2.14 bits per heavy atom. The van der Waals surface area contributed by atoms with Crippen molar-refractivity contribution in [2.45, 2.75) is 24.2 Å². The second-order valence-corrected chi connectivity index (χ2v) is 6.96. The largest absolute Gasteiger partial charge is 0.326 e. The third kappa shape index (κ3) is 3.50. The lowest BCUT2D eigenvalue weighted by atomic mass is 9.92. The zero-order valence-electron chi connectivity index (χ0n) is 11.9. The number of piperidine rings is 1. The zero-order chi connectivity index (χ0) is 14.2. The maximum Gasteiger partial charge on any atom is 0.228 e. The average Bonchev–Trinajstić information content (AvgIpc) is 3.13. The standard InChI is InChI=1S/C15H19ClN2OS.ClH/c1-20-13-3-2-10(8-12(13)16)18-14(19)11-9-15(11)4-6-17-7-5-15;/h2-3,8,11,17H,4-7,9H2,1H3,(H,18,19);1H. The highest BCUT2D eigenvalue weighted by Crippen LogP contribution is 2.58. The second-order valence-electron chi connectivity index (χ2n) is 5.71. The topological polar surface area (TPSA) is 41.1 Å². The van der Waals surface area contributed by atoms with E-state index in [1.807, 2.05) is 24.5 Å². The van der Waals surface area contributed by atoms with Crippen molar-refractivity contribution >= 4 is 47.4 Å². The van der Waals surface area contributed by atoms with Crippen LogP contribution in [0, 0.1) is 11.3 Å². The minimum Gasteiger partial charge on any atom is -0.326 e. The van der Waals surface area contributed by atoms with Crippen LogP contribution in [0.15, 0.2) is 23.1 Å². The van der Waals surface area contributed by atoms with Gasteiger partial charge in [0, 0.05) is 16.5 Å². The van der Waals surface area contributed by atoms with Gasteiger partial charge in [-0.3, -0.25) is 4.79 Å². The van der Waals surface area contributed by atoms with Gasteiger partial charge in [-0.2, -0.15) is 0 Å². The van der Waals surface area contributed by atoms with E-state index in [0.29, 0.717) is 5.02 Å². The van der Waals surface area contributed by atoms with Gasteiger partial charge in [0.1, 0.15) is 0 Å². The molecule has 21 heavy (non-hydrogen) atoms. The number of thioether (sulfide) groups is 1. The Morgan fingerprint density at radius 1 is 1.43 bits per heavy atom. The van der Waals surface area contributed by atoms with E-state index in [4.69, 9.17) is 11.6 Å². The molecule has 1 saturated carbocycles. The van der Waals surface area contributed by atoms with Gasteiger partial charge in [0.2, 0.25) is 5.91 Å². The summed E-state index contributed by atoms with van der Waals surface area (Å²) in [4.78, 5) is 13.4. The summed E-state index contributed by atoms with van der Waals surface area (Å²) in [5.41, 5.74) is 1.08. The Morgan fingerprint density at radius 3 is 2.76 bits per heavy atom. The molecule has 2 fully saturated rings. The number of hydrogen-bond donors (Lipinski definition) is 2. The molecule has 1 aromatic rings. The quantitative estimate of drug-likeness (QED) is 0.817. The molecule has 0 aromatic heterocycles. The maximum absolute atomic E-state index is 12.3. The minimum absolute atomic E-state index is 0. The van der Waals surface area contributed by atoms with E-state index < -0.39 is 0 Å². The minimum atomic E-state index is 0. The summed E-state index contributed by atoms with van der Waals surface area (Å²) in [7, 11) is 0. The van der Waals surface area contributed by atoms with Gasteiger partial charge in [-0.1, -0.05) is 11.6 Å². The molecule has 0 bridgehead atoms. The molecule has 3 nitrogen and oxygen atoms in total. The van der Waals surface area contributed by atoms with E-state index >= 15 is 0 Å². The molecule has 1 unspecified atom stereocenters. The first-order valence-electron chi connectivity index (χ1n) is 7.00. The van der Waals surface area contributed by atoms with Gasteiger partial charge in [-0.05, 0) is 62.2 Å². The van der Waals surface area contributed by atoms with Gasteiger partial charge >= 0.3 is 0 Å². The van der Waals surface area contributed by atoms with Gasteiger partial charge in [0.25, 0.3) is 0 Å². The monoisotopic (exact) mass is 346 g/mol. The summed E-state index contributed by atoms with van der Waals surface area (Å²) in [6.45, 7) is 2.08. The molecule has 3 rings (SSSR count). The average molecular weight is 347 g/mol. The van der Waals surface area contributed by atoms with Crippen LogP contribution in [0.4, 0.5) is 5.69 Å². The number of benzene rings is 1. The Labute approximate surface area is 141 Å². The Balaban J connectivity index is 0.00000161. The fraction of sp³-hybridized carbons (Fsp3) is 0.533. The molecule has 1 heterocycles. The Kier molecular flexibility index (Phi) is 5.47. The summed E-state index contributed by atoms with van der Waals surface area (Å²) < 4.78 is 0. The van der Waals surface area contributed by atoms with Crippen molar-refractivity contribution in [3.8, 4) is 0 Å². The lowest BCUT2D eigenvalue weighted by Gasteiger charge is -2.23. The maximum atomic E-state index is 12.3. The van der Waals surface area contributed by atoms with Crippen LogP contribution >= 0.6 is 35.8 Å². The van der Waals surface area contributed by atoms with Gasteiger partial charge in [0.15, 0.2) is 0 Å². The molecule has 2 N–H and O–H groups in total. The van der Waals surface area contributed by atoms with Crippen LogP contribution in [0.2, 0.25) is 5.02 Å². The molecular formula is C15H20Cl2N2OS. The number of anilines is 1. The molecule has 1 spiro atoms. The number of halogens is 2. The highest BCUT2D eigenvalue weighted by Gasteiger charge is 2.57. The third-order valence-electron chi connectivity index (χ3n) is 4.52. The third-order valence-corrected chi connectivity index (χ3v) is 5.75. The first-order valence-corrected chi connectivity index (χ1v) is 8.60. The van der Waals surface area contributed by atoms with E-state index in [0.717, 1.165) is 42.9 Å². The van der Waals surface area contributed by atoms with Crippen LogP contribution in [-0.4, -0.2) is 25.3 Å². The van der Waals surface area contributed by atoms with Crippen molar-refractivity contribution in [2.24, 2.45) is 11.3 Å². The van der Waals surface area contributed by atoms with Gasteiger partial charge in [0.05, 0.1) is 5.02 Å². The highest BCUT2D eigenvalue weighted by molar-refractivity contribution is 7.98. The van der Waals surface area contributed by atoms with Crippen molar-refractivity contribution in [1.29, 1.82) is 0 Å². The van der Waals surface area contributed by atoms with Crippen molar-refractivity contribution in [3.63, 3.8) is 0 Å². The molecule has 2 aliphatic rings. The van der Waals surface area contributed by atoms with Crippen molar-refractivity contribution in [1.82, 2.24) is 5.32 Å². The summed E-state index contributed by atoms with van der Waals surface area (Å²) in [5.74, 6) is 0.337. The van der Waals surface area contributed by atoms with Crippen molar-refractivity contribution in [2.75, 3.05) is 24.7 Å². The van der Waals surface area contributed by atoms with Crippen LogP contribution in [0.1, 0.15) is 19.3 Å². The van der Waals surface area contributed by atoms with Crippen LogP contribution in [-0.2, 0) is 4.79 Å². The van der Waals surface area contributed by atoms with E-state index in [9.17, 15) is 4.79 Å². The number of hydrogen-bond acceptors (Lipinski definition) is 3. The number of rotatable bonds is 3. The van der Waals surface area contributed by atoms with Gasteiger partial charge in [-0.25, -0.2) is 0 Å². The van der Waals surface area contributed by atoms with E-state index in [2.05, 4.69) is 10.6 Å². The highest BCUT2D eigenvalue weighted by atomic mass is 35.5. The van der Waals surface area contributed by atoms with Crippen LogP contribution in [0.25, 0.3) is 0 Å². The van der Waals surface area contributed by atoms with Gasteiger partial charge < -0.3 is 10.6 Å². The number of carbonyl (C=O) groups is 1. The summed E-state index contributed by atoms with van der Waals surface area (Å²) in [6, 6.07) is 5.71. The fourth-order valence-corrected chi connectivity index (χ4v) is 4.04. The molecule has 1 atom stereocenters. The normalized spacial score (nSPS) is 22.5. The Hall–Kier alpha value is -0.420. The lowest BCUT2D eigenvalue weighted by molar-refractivity contribution is -0.118. The van der Waals surface area contributed by atoms with Crippen LogP contribution in [0.5, 0.6) is 0 Å². The first kappa shape index (κ1) is 16.9. The van der Waals surface area contributed by atoms with Gasteiger partial charge in [-0.15, -0.1) is 24.2 Å². The fourth-order valence-electron chi connectivity index (χ4n) is 3.17. The molecule has 1 aliphatic heterocycles.